The van der Waals surface area contributed by atoms with Crippen molar-refractivity contribution in [3.05, 3.63) is 37.7 Å². The lowest BCUT2D eigenvalue weighted by Crippen LogP contribution is -2.31. The number of likely N-dealkylation sites (N-methyl/N-ethyl adjacent to an activating group) is 1. The summed E-state index contributed by atoms with van der Waals surface area (Å²) in [6, 6.07) is 1.86. The highest BCUT2D eigenvalue weighted by atomic mass is 79.9. The molecule has 3 N–H and O–H groups in total. The first kappa shape index (κ1) is 15.9. The minimum Gasteiger partial charge on any atom is -0.308 e. The van der Waals surface area contributed by atoms with Gasteiger partial charge in [0.25, 0.3) is 0 Å². The molecule has 0 saturated carbocycles. The van der Waals surface area contributed by atoms with Gasteiger partial charge in [-0.15, -0.1) is 11.3 Å². The van der Waals surface area contributed by atoms with Crippen LogP contribution in [0.15, 0.2) is 21.4 Å². The summed E-state index contributed by atoms with van der Waals surface area (Å²) in [6.45, 7) is 1.65. The van der Waals surface area contributed by atoms with E-state index < -0.39 is 0 Å². The van der Waals surface area contributed by atoms with E-state index >= 15 is 0 Å². The highest BCUT2D eigenvalue weighted by Crippen LogP contribution is 2.32. The molecule has 0 saturated heterocycles. The molecule has 20 heavy (non-hydrogen) atoms. The summed E-state index contributed by atoms with van der Waals surface area (Å²) in [7, 11) is 4.05. The maximum atomic E-state index is 6.29. The summed E-state index contributed by atoms with van der Waals surface area (Å²) in [5.74, 6) is 5.73. The van der Waals surface area contributed by atoms with Crippen molar-refractivity contribution in [3.63, 3.8) is 0 Å². The Morgan fingerprint density at radius 1 is 1.60 bits per heavy atom. The van der Waals surface area contributed by atoms with Gasteiger partial charge in [-0.3, -0.25) is 10.5 Å². The summed E-state index contributed by atoms with van der Waals surface area (Å²) in [5, 5.41) is 7.01. The molecular weight excluding hydrogens is 362 g/mol. The van der Waals surface area contributed by atoms with E-state index in [1.165, 1.54) is 0 Å². The molecule has 0 radical (unpaired) electrons. The van der Waals surface area contributed by atoms with Crippen LogP contribution in [0.2, 0.25) is 5.02 Å². The molecule has 2 heterocycles. The molecule has 8 heteroatoms. The van der Waals surface area contributed by atoms with Crippen LogP contribution in [0.5, 0.6) is 0 Å². The van der Waals surface area contributed by atoms with Gasteiger partial charge >= 0.3 is 0 Å². The smallest absolute Gasteiger partial charge is 0.0901 e. The van der Waals surface area contributed by atoms with Crippen molar-refractivity contribution >= 4 is 38.9 Å². The second-order valence-corrected chi connectivity index (χ2v) is 7.39. The fourth-order valence-electron chi connectivity index (χ4n) is 1.94. The maximum absolute atomic E-state index is 6.29. The third-order valence-corrected chi connectivity index (χ3v) is 4.77. The van der Waals surface area contributed by atoms with Gasteiger partial charge in [0.15, 0.2) is 0 Å². The van der Waals surface area contributed by atoms with E-state index in [2.05, 4.69) is 31.4 Å². The van der Waals surface area contributed by atoms with Crippen LogP contribution in [0.1, 0.15) is 17.3 Å². The predicted octanol–water partition coefficient (Wildman–Crippen LogP) is 2.47. The normalized spacial score (nSPS) is 13.1. The van der Waals surface area contributed by atoms with Crippen molar-refractivity contribution in [2.45, 2.75) is 12.6 Å². The van der Waals surface area contributed by atoms with Crippen LogP contribution in [0.4, 0.5) is 0 Å². The number of hydrogen-bond acceptors (Lipinski definition) is 5. The predicted molar refractivity (Wildman–Crippen MR) is 87.0 cm³/mol. The van der Waals surface area contributed by atoms with E-state index in [4.69, 9.17) is 17.4 Å². The van der Waals surface area contributed by atoms with E-state index in [9.17, 15) is 0 Å². The maximum Gasteiger partial charge on any atom is 0.0901 e. The zero-order valence-corrected chi connectivity index (χ0v) is 14.5. The summed E-state index contributed by atoms with van der Waals surface area (Å²) in [5.41, 5.74) is 4.79. The van der Waals surface area contributed by atoms with Crippen LogP contribution in [0.3, 0.4) is 0 Å². The Bertz CT molecular complexity index is 568. The lowest BCUT2D eigenvalue weighted by atomic mass is 10.1. The monoisotopic (exact) mass is 377 g/mol. The third-order valence-electron chi connectivity index (χ3n) is 2.95. The Labute approximate surface area is 135 Å². The standard InChI is InChI=1S/C12H17BrClN5S/c1-18(2)3-4-19-12(9(14)6-16-19)11(17-15)8-5-10(13)20-7-8/h5-7,11,17H,3-4,15H2,1-2H3. The quantitative estimate of drug-likeness (QED) is 0.599. The molecule has 2 aromatic heterocycles. The van der Waals surface area contributed by atoms with Crippen molar-refractivity contribution in [3.8, 4) is 0 Å². The molecular formula is C12H17BrClN5S. The number of nitrogens with two attached hydrogens (primary N) is 1. The summed E-state index contributed by atoms with van der Waals surface area (Å²) in [6.07, 6.45) is 1.66. The molecule has 110 valence electrons. The van der Waals surface area contributed by atoms with Gasteiger partial charge in [0.1, 0.15) is 0 Å². The van der Waals surface area contributed by atoms with E-state index in [1.54, 1.807) is 17.5 Å². The van der Waals surface area contributed by atoms with E-state index in [0.29, 0.717) is 5.02 Å². The number of aromatic nitrogens is 2. The molecule has 1 unspecified atom stereocenters. The zero-order valence-electron chi connectivity index (χ0n) is 11.3. The molecule has 0 fully saturated rings. The summed E-state index contributed by atoms with van der Waals surface area (Å²) in [4.78, 5) is 2.10. The van der Waals surface area contributed by atoms with E-state index in [-0.39, 0.29) is 6.04 Å². The number of nitrogens with one attached hydrogen (secondary N) is 1. The molecule has 0 aliphatic rings. The van der Waals surface area contributed by atoms with Crippen molar-refractivity contribution in [1.29, 1.82) is 0 Å². The fraction of sp³-hybridized carbons (Fsp3) is 0.417. The van der Waals surface area contributed by atoms with Crippen LogP contribution >= 0.6 is 38.9 Å². The molecule has 0 amide bonds. The van der Waals surface area contributed by atoms with Crippen molar-refractivity contribution in [2.75, 3.05) is 20.6 Å². The van der Waals surface area contributed by atoms with E-state index in [0.717, 1.165) is 28.1 Å². The Hall–Kier alpha value is -0.440. The van der Waals surface area contributed by atoms with Crippen LogP contribution in [0, 0.1) is 0 Å². The van der Waals surface area contributed by atoms with Gasteiger partial charge in [0.05, 0.1) is 33.3 Å². The van der Waals surface area contributed by atoms with Gasteiger partial charge in [0, 0.05) is 6.54 Å². The molecule has 5 nitrogen and oxygen atoms in total. The number of hydrogen-bond donors (Lipinski definition) is 2. The summed E-state index contributed by atoms with van der Waals surface area (Å²) >= 11 is 11.4. The van der Waals surface area contributed by atoms with E-state index in [1.807, 2.05) is 30.2 Å². The first-order valence-electron chi connectivity index (χ1n) is 6.09. The Morgan fingerprint density at radius 2 is 2.35 bits per heavy atom. The second kappa shape index (κ2) is 7.02. The number of rotatable bonds is 6. The van der Waals surface area contributed by atoms with Gasteiger partial charge in [-0.1, -0.05) is 11.6 Å². The molecule has 0 aromatic carbocycles. The van der Waals surface area contributed by atoms with Crippen LogP contribution in [-0.2, 0) is 6.54 Å². The Kier molecular flexibility index (Phi) is 5.59. The molecule has 1 atom stereocenters. The minimum atomic E-state index is -0.172. The Balaban J connectivity index is 2.31. The molecule has 0 aliphatic heterocycles. The fourth-order valence-corrected chi connectivity index (χ4v) is 3.39. The lowest BCUT2D eigenvalue weighted by Gasteiger charge is -2.18. The molecule has 2 aromatic rings. The molecule has 0 spiro atoms. The van der Waals surface area contributed by atoms with Gasteiger partial charge in [-0.25, -0.2) is 5.43 Å². The second-order valence-electron chi connectivity index (χ2n) is 4.69. The zero-order chi connectivity index (χ0) is 14.7. The average Bonchev–Trinajstić information content (AvgIpc) is 2.97. The number of nitrogens with zero attached hydrogens (tertiary/aromatic N) is 3. The number of hydrazine groups is 1. The van der Waals surface area contributed by atoms with Gasteiger partial charge in [-0.2, -0.15) is 5.10 Å². The first-order chi connectivity index (χ1) is 9.52. The third kappa shape index (κ3) is 3.60. The molecule has 0 bridgehead atoms. The highest BCUT2D eigenvalue weighted by Gasteiger charge is 2.22. The average molecular weight is 379 g/mol. The Morgan fingerprint density at radius 3 is 2.90 bits per heavy atom. The number of halogens is 2. The number of thiophene rings is 1. The topological polar surface area (TPSA) is 59.1 Å². The highest BCUT2D eigenvalue weighted by molar-refractivity contribution is 9.11. The van der Waals surface area contributed by atoms with Crippen LogP contribution in [-0.4, -0.2) is 35.3 Å². The van der Waals surface area contributed by atoms with Crippen molar-refractivity contribution in [2.24, 2.45) is 5.84 Å². The van der Waals surface area contributed by atoms with Crippen LogP contribution in [0.25, 0.3) is 0 Å². The van der Waals surface area contributed by atoms with Crippen LogP contribution < -0.4 is 11.3 Å². The van der Waals surface area contributed by atoms with Gasteiger partial charge in [-0.05, 0) is 47.0 Å². The van der Waals surface area contributed by atoms with Gasteiger partial charge < -0.3 is 4.90 Å². The molecule has 2 rings (SSSR count). The minimum absolute atomic E-state index is 0.172. The lowest BCUT2D eigenvalue weighted by molar-refractivity contribution is 0.365. The summed E-state index contributed by atoms with van der Waals surface area (Å²) < 4.78 is 2.96. The largest absolute Gasteiger partial charge is 0.308 e. The molecule has 0 aliphatic carbocycles. The van der Waals surface area contributed by atoms with Gasteiger partial charge in [0.2, 0.25) is 0 Å². The van der Waals surface area contributed by atoms with Crippen molar-refractivity contribution < 1.29 is 0 Å². The first-order valence-corrected chi connectivity index (χ1v) is 8.14. The SMILES string of the molecule is CN(C)CCn1ncc(Cl)c1C(NN)c1csc(Br)c1. The van der Waals surface area contributed by atoms with Crippen molar-refractivity contribution in [1.82, 2.24) is 20.1 Å².